The number of furan rings is 1. The Morgan fingerprint density at radius 1 is 0.811 bits per heavy atom. The molecule has 1 aliphatic heterocycles. The molecule has 1 amide bonds. The van der Waals surface area contributed by atoms with Crippen LogP contribution in [0.15, 0.2) is 70.1 Å². The van der Waals surface area contributed by atoms with Crippen molar-refractivity contribution in [3.05, 3.63) is 88.1 Å². The Morgan fingerprint density at radius 3 is 2.14 bits per heavy atom. The topological polar surface area (TPSA) is 78.6 Å². The predicted molar refractivity (Wildman–Crippen MR) is 147 cm³/mol. The van der Waals surface area contributed by atoms with Crippen LogP contribution in [0.5, 0.6) is 5.95 Å². The number of hydrogen-bond acceptors (Lipinski definition) is 3. The normalized spacial score (nSPS) is 14.0. The molecule has 0 radical (unpaired) electrons. The van der Waals surface area contributed by atoms with Crippen LogP contribution in [0.1, 0.15) is 58.4 Å². The molecule has 2 aromatic heterocycles. The fourth-order valence-electron chi connectivity index (χ4n) is 5.30. The zero-order chi connectivity index (χ0) is 26.3. The molecule has 0 bridgehead atoms. The van der Waals surface area contributed by atoms with Crippen molar-refractivity contribution in [1.82, 2.24) is 4.98 Å². The van der Waals surface area contributed by atoms with Crippen molar-refractivity contribution in [2.75, 3.05) is 0 Å². The number of aromatic amines is 1. The van der Waals surface area contributed by atoms with Gasteiger partial charge in [0.2, 0.25) is 0 Å². The van der Waals surface area contributed by atoms with Crippen LogP contribution in [-0.2, 0) is 15.6 Å². The third-order valence-corrected chi connectivity index (χ3v) is 7.27. The second-order valence-corrected chi connectivity index (χ2v) is 11.9. The highest BCUT2D eigenvalue weighted by atomic mass is 16.5. The number of hydrogen-bond donors (Lipinski definition) is 2. The number of para-hydroxylation sites is 1. The van der Waals surface area contributed by atoms with E-state index < -0.39 is 0 Å². The fraction of sp³-hybridized carbons (Fsp3) is 0.250. The van der Waals surface area contributed by atoms with Gasteiger partial charge in [0.1, 0.15) is 5.58 Å². The zero-order valence-electron chi connectivity index (χ0n) is 22.0. The number of rotatable bonds is 2. The van der Waals surface area contributed by atoms with Gasteiger partial charge in [-0.1, -0.05) is 90.1 Å². The molecule has 37 heavy (non-hydrogen) atoms. The number of aromatic nitrogens is 1. The number of carbonyl (C=O) groups excluding carboxylic acids is 1. The van der Waals surface area contributed by atoms with Crippen molar-refractivity contribution < 1.29 is 14.3 Å². The van der Waals surface area contributed by atoms with E-state index in [-0.39, 0.29) is 22.7 Å². The standard InChI is InChI=1S/C32H30N2O3/c1-31(2,3)17-15-21-25(30(36)37-28(21)22(16-17)32(4,5)6)27-19-12-8-7-11-18(19)26(34-27)24-20-13-9-10-14-23(20)33-29(24)35/h7-16,34,36H,1-6H3. The van der Waals surface area contributed by atoms with Crippen LogP contribution >= 0.6 is 0 Å². The lowest BCUT2D eigenvalue weighted by molar-refractivity contribution is -0.112. The number of amides is 1. The number of fused-ring (bicyclic) bond motifs is 3. The number of nitrogens with one attached hydrogen (secondary N) is 1. The quantitative estimate of drug-likeness (QED) is 0.307. The first-order valence-electron chi connectivity index (χ1n) is 12.6. The van der Waals surface area contributed by atoms with Gasteiger partial charge in [0.25, 0.3) is 11.9 Å². The molecule has 2 N–H and O–H groups in total. The average Bonchev–Trinajstić information content (AvgIpc) is 3.46. The summed E-state index contributed by atoms with van der Waals surface area (Å²) in [5, 5.41) is 15.4. The lowest BCUT2D eigenvalue weighted by atomic mass is 9.79. The molecule has 3 heterocycles. The summed E-state index contributed by atoms with van der Waals surface area (Å²) in [6, 6.07) is 19.8. The molecule has 5 aromatic rings. The number of carbonyl (C=O) groups is 1. The summed E-state index contributed by atoms with van der Waals surface area (Å²) >= 11 is 0. The van der Waals surface area contributed by atoms with Gasteiger partial charge in [0.05, 0.1) is 27.9 Å². The molecule has 0 atom stereocenters. The van der Waals surface area contributed by atoms with Gasteiger partial charge in [-0.05, 0) is 28.5 Å². The lowest BCUT2D eigenvalue weighted by Crippen LogP contribution is -2.22. The van der Waals surface area contributed by atoms with Gasteiger partial charge >= 0.3 is 0 Å². The first kappa shape index (κ1) is 23.3. The van der Waals surface area contributed by atoms with E-state index in [0.717, 1.165) is 38.2 Å². The molecule has 0 unspecified atom stereocenters. The van der Waals surface area contributed by atoms with E-state index in [1.807, 2.05) is 48.5 Å². The van der Waals surface area contributed by atoms with E-state index in [2.05, 4.69) is 63.7 Å². The van der Waals surface area contributed by atoms with Crippen LogP contribution in [0.3, 0.4) is 0 Å². The molecule has 0 fully saturated rings. The van der Waals surface area contributed by atoms with E-state index in [1.54, 1.807) is 0 Å². The molecule has 0 spiro atoms. The van der Waals surface area contributed by atoms with E-state index >= 15 is 0 Å². The number of aromatic hydroxyl groups is 1. The molecule has 0 saturated carbocycles. The molecule has 3 aromatic carbocycles. The van der Waals surface area contributed by atoms with Crippen molar-refractivity contribution >= 4 is 33.2 Å². The highest BCUT2D eigenvalue weighted by molar-refractivity contribution is 6.24. The van der Waals surface area contributed by atoms with Crippen LogP contribution < -0.4 is 10.6 Å². The maximum absolute atomic E-state index is 13.1. The SMILES string of the molecule is CC(C)(C)c1cc(C(C)(C)C)c2oc(O)c(-c3[nH]c(C4=c5ccccc5=NC4=O)c4ccccc34)c2c1. The van der Waals surface area contributed by atoms with Crippen LogP contribution in [0.25, 0.3) is 38.6 Å². The van der Waals surface area contributed by atoms with E-state index in [9.17, 15) is 9.90 Å². The number of benzene rings is 3. The van der Waals surface area contributed by atoms with Gasteiger partial charge in [-0.25, -0.2) is 4.99 Å². The van der Waals surface area contributed by atoms with Crippen molar-refractivity contribution in [3.8, 4) is 17.2 Å². The van der Waals surface area contributed by atoms with Gasteiger partial charge in [0.15, 0.2) is 0 Å². The number of nitrogens with zero attached hydrogens (tertiary/aromatic N) is 1. The molecular formula is C32H30N2O3. The maximum atomic E-state index is 13.1. The lowest BCUT2D eigenvalue weighted by Gasteiger charge is -2.25. The summed E-state index contributed by atoms with van der Waals surface area (Å²) in [6.07, 6.45) is 0. The first-order valence-corrected chi connectivity index (χ1v) is 12.6. The molecule has 186 valence electrons. The molecule has 0 saturated heterocycles. The van der Waals surface area contributed by atoms with E-state index in [1.165, 1.54) is 0 Å². The largest absolute Gasteiger partial charge is 0.480 e. The van der Waals surface area contributed by atoms with Crippen LogP contribution in [-0.4, -0.2) is 16.0 Å². The molecule has 5 heteroatoms. The molecule has 6 rings (SSSR count). The van der Waals surface area contributed by atoms with Crippen LogP contribution in [0, 0.1) is 0 Å². The minimum atomic E-state index is -0.272. The van der Waals surface area contributed by atoms with Crippen molar-refractivity contribution in [2.45, 2.75) is 52.4 Å². The Kier molecular flexibility index (Phi) is 4.84. The zero-order valence-corrected chi connectivity index (χ0v) is 22.0. The Morgan fingerprint density at radius 2 is 1.46 bits per heavy atom. The second-order valence-electron chi connectivity index (χ2n) is 11.9. The smallest absolute Gasteiger partial charge is 0.292 e. The summed E-state index contributed by atoms with van der Waals surface area (Å²) in [5.74, 6) is -0.413. The predicted octanol–water partition coefficient (Wildman–Crippen LogP) is 6.24. The first-order chi connectivity index (χ1) is 17.4. The molecular weight excluding hydrogens is 460 g/mol. The molecule has 1 aliphatic rings. The van der Waals surface area contributed by atoms with Crippen molar-refractivity contribution in [1.29, 1.82) is 0 Å². The van der Waals surface area contributed by atoms with Gasteiger partial charge in [0, 0.05) is 26.9 Å². The minimum absolute atomic E-state index is 0.0986. The van der Waals surface area contributed by atoms with Gasteiger partial charge in [-0.15, -0.1) is 0 Å². The van der Waals surface area contributed by atoms with Crippen LogP contribution in [0.2, 0.25) is 0 Å². The number of H-pyrrole nitrogens is 1. The van der Waals surface area contributed by atoms with Crippen molar-refractivity contribution in [2.24, 2.45) is 4.99 Å². The highest BCUT2D eigenvalue weighted by Crippen LogP contribution is 2.47. The summed E-state index contributed by atoms with van der Waals surface area (Å²) < 4.78 is 6.08. The van der Waals surface area contributed by atoms with Crippen LogP contribution in [0.4, 0.5) is 0 Å². The molecule has 0 aliphatic carbocycles. The average molecular weight is 491 g/mol. The summed E-state index contributed by atoms with van der Waals surface area (Å²) in [4.78, 5) is 20.9. The second kappa shape index (κ2) is 7.69. The summed E-state index contributed by atoms with van der Waals surface area (Å²) in [6.45, 7) is 13.0. The molecule has 5 nitrogen and oxygen atoms in total. The van der Waals surface area contributed by atoms with E-state index in [4.69, 9.17) is 4.42 Å². The third-order valence-electron chi connectivity index (χ3n) is 7.27. The monoisotopic (exact) mass is 490 g/mol. The van der Waals surface area contributed by atoms with Gasteiger partial charge < -0.3 is 14.5 Å². The van der Waals surface area contributed by atoms with Crippen molar-refractivity contribution in [3.63, 3.8) is 0 Å². The van der Waals surface area contributed by atoms with Gasteiger partial charge in [-0.3, -0.25) is 4.79 Å². The summed E-state index contributed by atoms with van der Waals surface area (Å²) in [7, 11) is 0. The Balaban J connectivity index is 1.72. The Hall–Kier alpha value is -4.12. The highest BCUT2D eigenvalue weighted by Gasteiger charge is 2.30. The third kappa shape index (κ3) is 3.52. The summed E-state index contributed by atoms with van der Waals surface area (Å²) in [5.41, 5.74) is 5.15. The minimum Gasteiger partial charge on any atom is -0.480 e. The Bertz CT molecular complexity index is 1870. The fourth-order valence-corrected chi connectivity index (χ4v) is 5.30. The Labute approximate surface area is 215 Å². The maximum Gasteiger partial charge on any atom is 0.292 e. The van der Waals surface area contributed by atoms with Gasteiger partial charge in [-0.2, -0.15) is 0 Å². The van der Waals surface area contributed by atoms with E-state index in [0.29, 0.717) is 27.8 Å².